The number of esters is 1. The molecule has 2 atom stereocenters. The van der Waals surface area contributed by atoms with Gasteiger partial charge in [-0.15, -0.1) is 0 Å². The van der Waals surface area contributed by atoms with Crippen LogP contribution in [0.4, 0.5) is 0 Å². The van der Waals surface area contributed by atoms with Crippen LogP contribution in [0.2, 0.25) is 5.02 Å². The molecule has 6 nitrogen and oxygen atoms in total. The van der Waals surface area contributed by atoms with E-state index in [1.807, 2.05) is 49.4 Å². The number of allylic oxidation sites excluding steroid dienone is 3. The van der Waals surface area contributed by atoms with Crippen LogP contribution in [0, 0.1) is 0 Å². The van der Waals surface area contributed by atoms with Crippen LogP contribution >= 0.6 is 11.6 Å². The Hall–Kier alpha value is -3.25. The van der Waals surface area contributed by atoms with Gasteiger partial charge in [0.2, 0.25) is 6.79 Å². The summed E-state index contributed by atoms with van der Waals surface area (Å²) in [5.74, 6) is 0.350. The molecule has 0 saturated heterocycles. The number of hydrogen-bond donors (Lipinski definition) is 1. The van der Waals surface area contributed by atoms with Gasteiger partial charge in [-0.05, 0) is 61.6 Å². The molecule has 3 aliphatic rings. The minimum absolute atomic E-state index is 0.0145. The third-order valence-electron chi connectivity index (χ3n) is 6.39. The monoisotopic (exact) mass is 465 g/mol. The molecule has 0 saturated carbocycles. The summed E-state index contributed by atoms with van der Waals surface area (Å²) in [5, 5.41) is 4.02. The Morgan fingerprint density at radius 2 is 1.82 bits per heavy atom. The zero-order valence-electron chi connectivity index (χ0n) is 18.4. The highest BCUT2D eigenvalue weighted by Gasteiger charge is 2.41. The molecule has 170 valence electrons. The summed E-state index contributed by atoms with van der Waals surface area (Å²) >= 11 is 6.05. The van der Waals surface area contributed by atoms with Crippen molar-refractivity contribution in [2.45, 2.75) is 38.5 Å². The number of halogens is 1. The molecule has 2 aliphatic heterocycles. The summed E-state index contributed by atoms with van der Waals surface area (Å²) in [6.45, 7) is 4.03. The van der Waals surface area contributed by atoms with E-state index < -0.39 is 11.9 Å². The Labute approximate surface area is 197 Å². The molecule has 33 heavy (non-hydrogen) atoms. The fourth-order valence-corrected chi connectivity index (χ4v) is 5.04. The normalized spacial score (nSPS) is 21.6. The van der Waals surface area contributed by atoms with Crippen LogP contribution < -0.4 is 14.8 Å². The van der Waals surface area contributed by atoms with E-state index in [1.54, 1.807) is 6.92 Å². The summed E-state index contributed by atoms with van der Waals surface area (Å²) in [4.78, 5) is 26.6. The summed E-state index contributed by atoms with van der Waals surface area (Å²) in [5.41, 5.74) is 4.48. The summed E-state index contributed by atoms with van der Waals surface area (Å²) in [7, 11) is 0. The topological polar surface area (TPSA) is 73.9 Å². The molecule has 0 aromatic heterocycles. The fourth-order valence-electron chi connectivity index (χ4n) is 4.92. The van der Waals surface area contributed by atoms with Crippen molar-refractivity contribution < 1.29 is 23.8 Å². The van der Waals surface area contributed by atoms with Crippen molar-refractivity contribution in [1.29, 1.82) is 0 Å². The molecule has 1 aliphatic carbocycles. The van der Waals surface area contributed by atoms with Crippen LogP contribution in [0.3, 0.4) is 0 Å². The Morgan fingerprint density at radius 3 is 2.58 bits per heavy atom. The number of dihydropyridines is 1. The van der Waals surface area contributed by atoms with Crippen LogP contribution in [-0.4, -0.2) is 25.2 Å². The van der Waals surface area contributed by atoms with E-state index in [1.165, 1.54) is 0 Å². The van der Waals surface area contributed by atoms with Gasteiger partial charge in [-0.1, -0.05) is 29.8 Å². The summed E-state index contributed by atoms with van der Waals surface area (Å²) < 4.78 is 16.4. The van der Waals surface area contributed by atoms with Crippen LogP contribution in [0.1, 0.15) is 49.7 Å². The van der Waals surface area contributed by atoms with Gasteiger partial charge in [0.1, 0.15) is 0 Å². The predicted octanol–water partition coefficient (Wildman–Crippen LogP) is 4.99. The molecule has 2 aromatic carbocycles. The van der Waals surface area contributed by atoms with Crippen molar-refractivity contribution in [1.82, 2.24) is 5.32 Å². The second-order valence-electron chi connectivity index (χ2n) is 8.40. The van der Waals surface area contributed by atoms with E-state index in [2.05, 4.69) is 5.32 Å². The number of fused-ring (bicyclic) bond motifs is 1. The van der Waals surface area contributed by atoms with E-state index in [9.17, 15) is 9.59 Å². The number of benzene rings is 2. The molecule has 0 bridgehead atoms. The lowest BCUT2D eigenvalue weighted by Gasteiger charge is -2.36. The Balaban J connectivity index is 1.59. The van der Waals surface area contributed by atoms with Crippen LogP contribution in [-0.2, 0) is 14.3 Å². The van der Waals surface area contributed by atoms with Gasteiger partial charge in [0.15, 0.2) is 17.3 Å². The van der Waals surface area contributed by atoms with Gasteiger partial charge in [-0.2, -0.15) is 0 Å². The van der Waals surface area contributed by atoms with Crippen molar-refractivity contribution in [2.75, 3.05) is 13.4 Å². The largest absolute Gasteiger partial charge is 0.463 e. The van der Waals surface area contributed by atoms with E-state index in [0.29, 0.717) is 46.2 Å². The van der Waals surface area contributed by atoms with Crippen molar-refractivity contribution in [3.8, 4) is 11.5 Å². The molecule has 1 N–H and O–H groups in total. The van der Waals surface area contributed by atoms with Crippen LogP contribution in [0.15, 0.2) is 65.0 Å². The molecule has 0 amide bonds. The van der Waals surface area contributed by atoms with E-state index in [4.69, 9.17) is 25.8 Å². The summed E-state index contributed by atoms with van der Waals surface area (Å²) in [6, 6.07) is 13.2. The number of nitrogens with one attached hydrogen (secondary N) is 1. The number of rotatable bonds is 4. The number of carbonyl (C=O) groups is 2. The maximum atomic E-state index is 13.6. The molecule has 2 unspecified atom stereocenters. The van der Waals surface area contributed by atoms with Crippen molar-refractivity contribution in [2.24, 2.45) is 0 Å². The molecule has 5 rings (SSSR count). The fraction of sp³-hybridized carbons (Fsp3) is 0.308. The van der Waals surface area contributed by atoms with Gasteiger partial charge >= 0.3 is 5.97 Å². The van der Waals surface area contributed by atoms with E-state index in [-0.39, 0.29) is 25.1 Å². The van der Waals surface area contributed by atoms with Crippen molar-refractivity contribution in [3.63, 3.8) is 0 Å². The van der Waals surface area contributed by atoms with Crippen molar-refractivity contribution in [3.05, 3.63) is 81.2 Å². The van der Waals surface area contributed by atoms with Gasteiger partial charge in [-0.3, -0.25) is 4.79 Å². The molecule has 2 heterocycles. The standard InChI is InChI=1S/C26H24ClNO5/c1-3-31-26(30)23-14(2)28-19-10-17(15-4-7-18(27)8-5-15)11-20(29)25(19)24(23)16-6-9-21-22(12-16)33-13-32-21/h4-9,12,17,24,28H,3,10-11,13H2,1-2H3. The number of carbonyl (C=O) groups excluding carboxylic acids is 2. The highest BCUT2D eigenvalue weighted by Crippen LogP contribution is 2.47. The quantitative estimate of drug-likeness (QED) is 0.641. The number of ketones is 1. The first kappa shape index (κ1) is 21.6. The lowest BCUT2D eigenvalue weighted by Crippen LogP contribution is -2.36. The minimum atomic E-state index is -0.534. The minimum Gasteiger partial charge on any atom is -0.463 e. The molecule has 2 aromatic rings. The lowest BCUT2D eigenvalue weighted by molar-refractivity contribution is -0.138. The summed E-state index contributed by atoms with van der Waals surface area (Å²) in [6.07, 6.45) is 1.02. The molecular weight excluding hydrogens is 442 g/mol. The van der Waals surface area contributed by atoms with E-state index in [0.717, 1.165) is 16.8 Å². The average Bonchev–Trinajstić information content (AvgIpc) is 3.26. The first-order valence-electron chi connectivity index (χ1n) is 11.0. The predicted molar refractivity (Wildman–Crippen MR) is 123 cm³/mol. The smallest absolute Gasteiger partial charge is 0.336 e. The highest BCUT2D eigenvalue weighted by atomic mass is 35.5. The van der Waals surface area contributed by atoms with Gasteiger partial charge in [0.05, 0.1) is 12.2 Å². The Bertz CT molecular complexity index is 1200. The zero-order chi connectivity index (χ0) is 23.1. The maximum Gasteiger partial charge on any atom is 0.336 e. The second kappa shape index (κ2) is 8.60. The zero-order valence-corrected chi connectivity index (χ0v) is 19.2. The Morgan fingerprint density at radius 1 is 1.09 bits per heavy atom. The molecule has 7 heteroatoms. The van der Waals surface area contributed by atoms with Crippen molar-refractivity contribution >= 4 is 23.4 Å². The third-order valence-corrected chi connectivity index (χ3v) is 6.65. The van der Waals surface area contributed by atoms with Gasteiger partial charge < -0.3 is 19.5 Å². The second-order valence-corrected chi connectivity index (χ2v) is 8.84. The molecule has 0 fully saturated rings. The van der Waals surface area contributed by atoms with Gasteiger partial charge in [-0.25, -0.2) is 4.79 Å². The van der Waals surface area contributed by atoms with E-state index >= 15 is 0 Å². The first-order valence-corrected chi connectivity index (χ1v) is 11.4. The Kier molecular flexibility index (Phi) is 5.62. The SMILES string of the molecule is CCOC(=O)C1=C(C)NC2=C(C(=O)CC(c3ccc(Cl)cc3)C2)C1c1ccc2c(c1)OCO2. The molecule has 0 radical (unpaired) electrons. The number of hydrogen-bond acceptors (Lipinski definition) is 6. The van der Waals surface area contributed by atoms with Crippen LogP contribution in [0.25, 0.3) is 0 Å². The van der Waals surface area contributed by atoms with Gasteiger partial charge in [0, 0.05) is 34.3 Å². The van der Waals surface area contributed by atoms with Crippen LogP contribution in [0.5, 0.6) is 11.5 Å². The first-order chi connectivity index (χ1) is 16.0. The number of ether oxygens (including phenoxy) is 3. The maximum absolute atomic E-state index is 13.6. The molecular formula is C26H24ClNO5. The highest BCUT2D eigenvalue weighted by molar-refractivity contribution is 6.30. The third kappa shape index (κ3) is 3.89. The number of Topliss-reactive ketones (excluding diaryl/α,β-unsaturated/α-hetero) is 1. The average molecular weight is 466 g/mol. The molecule has 0 spiro atoms. The lowest BCUT2D eigenvalue weighted by atomic mass is 9.71. The van der Waals surface area contributed by atoms with Gasteiger partial charge in [0.25, 0.3) is 0 Å².